The van der Waals surface area contributed by atoms with Crippen molar-refractivity contribution in [3.8, 4) is 0 Å². The molecule has 0 fully saturated rings. The molecule has 1 aromatic heterocycles. The van der Waals surface area contributed by atoms with Crippen LogP contribution in [0, 0.1) is 0 Å². The Balaban J connectivity index is 2.37. The lowest BCUT2D eigenvalue weighted by molar-refractivity contribution is 0.409. The summed E-state index contributed by atoms with van der Waals surface area (Å²) in [5.74, 6) is 0. The van der Waals surface area contributed by atoms with Gasteiger partial charge in [-0.25, -0.2) is 0 Å². The van der Waals surface area contributed by atoms with Gasteiger partial charge in [-0.2, -0.15) is 0 Å². The maximum absolute atomic E-state index is 4.43. The second-order valence-corrected chi connectivity index (χ2v) is 3.77. The lowest BCUT2D eigenvalue weighted by Crippen LogP contribution is -2.37. The van der Waals surface area contributed by atoms with E-state index in [9.17, 15) is 0 Å². The van der Waals surface area contributed by atoms with Gasteiger partial charge in [-0.15, -0.1) is 0 Å². The Hall–Kier alpha value is -0.890. The summed E-state index contributed by atoms with van der Waals surface area (Å²) in [6.45, 7) is 4.44. The molecule has 13 heavy (non-hydrogen) atoms. The third kappa shape index (κ3) is 1.59. The largest absolute Gasteiger partial charge is 0.307 e. The first-order chi connectivity index (χ1) is 6.31. The smallest absolute Gasteiger partial charge is 0.0466 e. The summed E-state index contributed by atoms with van der Waals surface area (Å²) in [5, 5.41) is 3.58. The molecule has 2 heterocycles. The normalized spacial score (nSPS) is 26.9. The van der Waals surface area contributed by atoms with Crippen molar-refractivity contribution in [2.75, 3.05) is 0 Å². The van der Waals surface area contributed by atoms with Gasteiger partial charge in [0.2, 0.25) is 0 Å². The number of hydrogen-bond acceptors (Lipinski definition) is 2. The summed E-state index contributed by atoms with van der Waals surface area (Å²) in [5.41, 5.74) is 2.67. The van der Waals surface area contributed by atoms with E-state index >= 15 is 0 Å². The van der Waals surface area contributed by atoms with E-state index < -0.39 is 0 Å². The van der Waals surface area contributed by atoms with E-state index in [1.54, 1.807) is 0 Å². The molecule has 2 rings (SSSR count). The van der Waals surface area contributed by atoms with Gasteiger partial charge in [0.05, 0.1) is 0 Å². The summed E-state index contributed by atoms with van der Waals surface area (Å²) < 4.78 is 0. The Morgan fingerprint density at radius 1 is 1.62 bits per heavy atom. The fourth-order valence-corrected chi connectivity index (χ4v) is 2.06. The number of nitrogens with one attached hydrogen (secondary N) is 1. The van der Waals surface area contributed by atoms with Crippen molar-refractivity contribution in [2.45, 2.75) is 38.8 Å². The van der Waals surface area contributed by atoms with Crippen LogP contribution in [0.4, 0.5) is 0 Å². The Labute approximate surface area is 79.4 Å². The molecule has 2 heteroatoms. The Kier molecular flexibility index (Phi) is 2.32. The van der Waals surface area contributed by atoms with Crippen LogP contribution in [0.25, 0.3) is 0 Å². The lowest BCUT2D eigenvalue weighted by atomic mass is 9.94. The Morgan fingerprint density at radius 3 is 3.23 bits per heavy atom. The van der Waals surface area contributed by atoms with Crippen LogP contribution in [0.2, 0.25) is 0 Å². The Morgan fingerprint density at radius 2 is 2.46 bits per heavy atom. The monoisotopic (exact) mass is 176 g/mol. The van der Waals surface area contributed by atoms with Gasteiger partial charge < -0.3 is 5.32 Å². The second kappa shape index (κ2) is 3.46. The molecule has 0 amide bonds. The molecule has 0 saturated carbocycles. The molecule has 0 radical (unpaired) electrons. The van der Waals surface area contributed by atoms with Crippen LogP contribution in [-0.4, -0.2) is 11.0 Å². The first-order valence-electron chi connectivity index (χ1n) is 5.01. The third-order valence-corrected chi connectivity index (χ3v) is 2.69. The van der Waals surface area contributed by atoms with Gasteiger partial charge in [0, 0.05) is 30.4 Å². The van der Waals surface area contributed by atoms with Crippen LogP contribution in [0.3, 0.4) is 0 Å². The first-order valence-corrected chi connectivity index (χ1v) is 5.01. The van der Waals surface area contributed by atoms with Gasteiger partial charge in [-0.3, -0.25) is 4.98 Å². The van der Waals surface area contributed by atoms with E-state index in [1.165, 1.54) is 11.3 Å². The summed E-state index contributed by atoms with van der Waals surface area (Å²) >= 11 is 0. The van der Waals surface area contributed by atoms with Crippen molar-refractivity contribution in [2.24, 2.45) is 0 Å². The minimum Gasteiger partial charge on any atom is -0.307 e. The van der Waals surface area contributed by atoms with Crippen molar-refractivity contribution >= 4 is 0 Å². The molecule has 70 valence electrons. The van der Waals surface area contributed by atoms with Gasteiger partial charge in [-0.05, 0) is 25.0 Å². The van der Waals surface area contributed by atoms with Crippen LogP contribution in [0.5, 0.6) is 0 Å². The van der Waals surface area contributed by atoms with Crippen molar-refractivity contribution in [1.82, 2.24) is 10.3 Å². The summed E-state index contributed by atoms with van der Waals surface area (Å²) in [7, 11) is 0. The third-order valence-electron chi connectivity index (χ3n) is 2.69. The van der Waals surface area contributed by atoms with E-state index in [4.69, 9.17) is 0 Å². The minimum atomic E-state index is 0.507. The predicted octanol–water partition coefficient (Wildman–Crippen LogP) is 2.07. The molecule has 0 aliphatic carbocycles. The number of hydrogen-bond donors (Lipinski definition) is 1. The van der Waals surface area contributed by atoms with Crippen LogP contribution in [-0.2, 0) is 6.42 Å². The molecule has 1 aromatic rings. The molecule has 0 bridgehead atoms. The van der Waals surface area contributed by atoms with E-state index in [0.29, 0.717) is 12.1 Å². The molecular formula is C11H16N2. The van der Waals surface area contributed by atoms with Crippen molar-refractivity contribution < 1.29 is 0 Å². The highest BCUT2D eigenvalue weighted by Crippen LogP contribution is 2.25. The average molecular weight is 176 g/mol. The molecule has 0 spiro atoms. The quantitative estimate of drug-likeness (QED) is 0.708. The van der Waals surface area contributed by atoms with E-state index in [-0.39, 0.29) is 0 Å². The van der Waals surface area contributed by atoms with E-state index in [2.05, 4.69) is 30.2 Å². The van der Waals surface area contributed by atoms with E-state index in [1.807, 2.05) is 12.3 Å². The van der Waals surface area contributed by atoms with Gasteiger partial charge in [0.1, 0.15) is 0 Å². The van der Waals surface area contributed by atoms with Crippen LogP contribution >= 0.6 is 0 Å². The van der Waals surface area contributed by atoms with Crippen molar-refractivity contribution in [3.63, 3.8) is 0 Å². The van der Waals surface area contributed by atoms with Crippen LogP contribution in [0.1, 0.15) is 37.6 Å². The average Bonchev–Trinajstić information content (AvgIpc) is 2.16. The molecule has 2 atom stereocenters. The zero-order valence-electron chi connectivity index (χ0n) is 8.25. The SMILES string of the molecule is CCC1NC(C)Cc2ncccc21. The first kappa shape index (κ1) is 8.70. The van der Waals surface area contributed by atoms with Crippen LogP contribution in [0.15, 0.2) is 18.3 Å². The highest BCUT2D eigenvalue weighted by atomic mass is 15.0. The molecule has 0 aromatic carbocycles. The van der Waals surface area contributed by atoms with E-state index in [0.717, 1.165) is 12.8 Å². The number of nitrogens with zero attached hydrogens (tertiary/aromatic N) is 1. The zero-order valence-corrected chi connectivity index (χ0v) is 8.25. The maximum atomic E-state index is 4.43. The maximum Gasteiger partial charge on any atom is 0.0466 e. The number of pyridine rings is 1. The van der Waals surface area contributed by atoms with Gasteiger partial charge in [-0.1, -0.05) is 13.0 Å². The zero-order chi connectivity index (χ0) is 9.26. The second-order valence-electron chi connectivity index (χ2n) is 3.77. The lowest BCUT2D eigenvalue weighted by Gasteiger charge is -2.29. The molecule has 1 N–H and O–H groups in total. The Bertz CT molecular complexity index is 296. The predicted molar refractivity (Wildman–Crippen MR) is 53.6 cm³/mol. The minimum absolute atomic E-state index is 0.507. The summed E-state index contributed by atoms with van der Waals surface area (Å²) in [6.07, 6.45) is 4.10. The fourth-order valence-electron chi connectivity index (χ4n) is 2.06. The van der Waals surface area contributed by atoms with Crippen LogP contribution < -0.4 is 5.32 Å². The molecule has 1 aliphatic heterocycles. The van der Waals surface area contributed by atoms with Gasteiger partial charge in [0.15, 0.2) is 0 Å². The molecule has 2 unspecified atom stereocenters. The highest BCUT2D eigenvalue weighted by Gasteiger charge is 2.22. The topological polar surface area (TPSA) is 24.9 Å². The number of aromatic nitrogens is 1. The fraction of sp³-hybridized carbons (Fsp3) is 0.545. The summed E-state index contributed by atoms with van der Waals surface area (Å²) in [6, 6.07) is 5.29. The molecular weight excluding hydrogens is 160 g/mol. The molecule has 1 aliphatic rings. The summed E-state index contributed by atoms with van der Waals surface area (Å²) in [4.78, 5) is 4.43. The van der Waals surface area contributed by atoms with Gasteiger partial charge >= 0.3 is 0 Å². The van der Waals surface area contributed by atoms with Crippen molar-refractivity contribution in [3.05, 3.63) is 29.6 Å². The molecule has 0 saturated heterocycles. The molecule has 2 nitrogen and oxygen atoms in total. The number of rotatable bonds is 1. The highest BCUT2D eigenvalue weighted by molar-refractivity contribution is 5.27. The standard InChI is InChI=1S/C11H16N2/c1-3-10-9-5-4-6-12-11(9)7-8(2)13-10/h4-6,8,10,13H,3,7H2,1-2H3. The number of fused-ring (bicyclic) bond motifs is 1. The van der Waals surface area contributed by atoms with Crippen molar-refractivity contribution in [1.29, 1.82) is 0 Å². The van der Waals surface area contributed by atoms with Gasteiger partial charge in [0.25, 0.3) is 0 Å².